The topological polar surface area (TPSA) is 38.9 Å². The Morgan fingerprint density at radius 2 is 2.20 bits per heavy atom. The van der Waals surface area contributed by atoms with Crippen LogP contribution >= 0.6 is 0 Å². The van der Waals surface area contributed by atoms with Crippen molar-refractivity contribution >= 4 is 10.9 Å². The van der Waals surface area contributed by atoms with E-state index in [1.807, 2.05) is 12.3 Å². The number of nitrogens with zero attached hydrogens (tertiary/aromatic N) is 1. The van der Waals surface area contributed by atoms with Crippen molar-refractivity contribution in [2.45, 2.75) is 19.3 Å². The minimum Gasteiger partial charge on any atom is -0.330 e. The summed E-state index contributed by atoms with van der Waals surface area (Å²) >= 11 is 0. The molecule has 2 aromatic rings. The van der Waals surface area contributed by atoms with E-state index in [4.69, 9.17) is 5.73 Å². The minimum absolute atomic E-state index is 0.515. The average Bonchev–Trinajstić information content (AvgIpc) is 2.29. The van der Waals surface area contributed by atoms with Crippen LogP contribution in [0.5, 0.6) is 0 Å². The standard InChI is InChI=1S/C13H16N2/c1-10(6-7-14)12-5-4-11-3-2-8-15-13(11)9-12/h2-5,8-10H,6-7,14H2,1H3. The minimum atomic E-state index is 0.515. The molecular weight excluding hydrogens is 184 g/mol. The zero-order valence-corrected chi connectivity index (χ0v) is 8.98. The summed E-state index contributed by atoms with van der Waals surface area (Å²) in [6.45, 7) is 2.94. The number of aromatic nitrogens is 1. The molecule has 2 nitrogen and oxygen atoms in total. The zero-order valence-electron chi connectivity index (χ0n) is 8.98. The van der Waals surface area contributed by atoms with E-state index in [0.29, 0.717) is 5.92 Å². The molecule has 1 aromatic heterocycles. The second-order valence-electron chi connectivity index (χ2n) is 3.93. The lowest BCUT2D eigenvalue weighted by Crippen LogP contribution is -2.04. The molecule has 0 amide bonds. The van der Waals surface area contributed by atoms with Gasteiger partial charge in [0.25, 0.3) is 0 Å². The fraction of sp³-hybridized carbons (Fsp3) is 0.308. The van der Waals surface area contributed by atoms with Crippen LogP contribution in [-0.2, 0) is 0 Å². The van der Waals surface area contributed by atoms with Gasteiger partial charge in [0.1, 0.15) is 0 Å². The maximum Gasteiger partial charge on any atom is 0.0704 e. The van der Waals surface area contributed by atoms with Crippen LogP contribution in [0.1, 0.15) is 24.8 Å². The molecule has 78 valence electrons. The van der Waals surface area contributed by atoms with Gasteiger partial charge in [0, 0.05) is 11.6 Å². The third kappa shape index (κ3) is 2.16. The van der Waals surface area contributed by atoms with Crippen molar-refractivity contribution in [2.75, 3.05) is 6.54 Å². The van der Waals surface area contributed by atoms with Crippen molar-refractivity contribution < 1.29 is 0 Å². The third-order valence-electron chi connectivity index (χ3n) is 2.80. The summed E-state index contributed by atoms with van der Waals surface area (Å²) in [5, 5.41) is 1.20. The van der Waals surface area contributed by atoms with Crippen molar-refractivity contribution in [3.05, 3.63) is 42.1 Å². The van der Waals surface area contributed by atoms with Gasteiger partial charge in [0.05, 0.1) is 5.52 Å². The molecule has 0 radical (unpaired) electrons. The molecule has 2 rings (SSSR count). The van der Waals surface area contributed by atoms with E-state index in [2.05, 4.69) is 36.2 Å². The van der Waals surface area contributed by atoms with E-state index in [1.54, 1.807) is 0 Å². The third-order valence-corrected chi connectivity index (χ3v) is 2.80. The van der Waals surface area contributed by atoms with Gasteiger partial charge in [-0.2, -0.15) is 0 Å². The second kappa shape index (κ2) is 4.41. The highest BCUT2D eigenvalue weighted by atomic mass is 14.6. The van der Waals surface area contributed by atoms with E-state index < -0.39 is 0 Å². The first-order chi connectivity index (χ1) is 7.31. The molecule has 0 aliphatic heterocycles. The molecule has 15 heavy (non-hydrogen) atoms. The molecule has 2 N–H and O–H groups in total. The maximum absolute atomic E-state index is 5.56. The Labute approximate surface area is 90.1 Å². The molecule has 0 spiro atoms. The largest absolute Gasteiger partial charge is 0.330 e. The predicted molar refractivity (Wildman–Crippen MR) is 63.8 cm³/mol. The first-order valence-corrected chi connectivity index (χ1v) is 5.36. The number of benzene rings is 1. The van der Waals surface area contributed by atoms with Crippen LogP contribution in [-0.4, -0.2) is 11.5 Å². The number of hydrogen-bond donors (Lipinski definition) is 1. The van der Waals surface area contributed by atoms with E-state index in [0.717, 1.165) is 18.5 Å². The van der Waals surface area contributed by atoms with E-state index in [-0.39, 0.29) is 0 Å². The average molecular weight is 200 g/mol. The maximum atomic E-state index is 5.56. The van der Waals surface area contributed by atoms with Gasteiger partial charge in [-0.05, 0) is 36.6 Å². The lowest BCUT2D eigenvalue weighted by Gasteiger charge is -2.10. The summed E-state index contributed by atoms with van der Waals surface area (Å²) < 4.78 is 0. The van der Waals surface area contributed by atoms with Crippen LogP contribution in [0, 0.1) is 0 Å². The Balaban J connectivity index is 2.38. The van der Waals surface area contributed by atoms with Gasteiger partial charge in [-0.15, -0.1) is 0 Å². The van der Waals surface area contributed by atoms with Crippen LogP contribution in [0.3, 0.4) is 0 Å². The number of rotatable bonds is 3. The highest BCUT2D eigenvalue weighted by Gasteiger charge is 2.05. The number of nitrogens with two attached hydrogens (primary N) is 1. The van der Waals surface area contributed by atoms with Crippen LogP contribution < -0.4 is 5.73 Å². The summed E-state index contributed by atoms with van der Waals surface area (Å²) in [7, 11) is 0. The number of pyridine rings is 1. The Morgan fingerprint density at radius 1 is 1.33 bits per heavy atom. The molecule has 0 bridgehead atoms. The van der Waals surface area contributed by atoms with Crippen molar-refractivity contribution in [3.63, 3.8) is 0 Å². The molecule has 2 heteroatoms. The normalized spacial score (nSPS) is 12.9. The van der Waals surface area contributed by atoms with E-state index in [1.165, 1.54) is 10.9 Å². The van der Waals surface area contributed by atoms with Crippen LogP contribution in [0.2, 0.25) is 0 Å². The molecule has 0 aliphatic carbocycles. The highest BCUT2D eigenvalue weighted by molar-refractivity contribution is 5.78. The van der Waals surface area contributed by atoms with Crippen LogP contribution in [0.25, 0.3) is 10.9 Å². The summed E-state index contributed by atoms with van der Waals surface area (Å²) in [4.78, 5) is 4.35. The Hall–Kier alpha value is -1.41. The lowest BCUT2D eigenvalue weighted by molar-refractivity contribution is 0.691. The van der Waals surface area contributed by atoms with Crippen LogP contribution in [0.15, 0.2) is 36.5 Å². The molecule has 1 aromatic carbocycles. The SMILES string of the molecule is CC(CCN)c1ccc2cccnc2c1. The summed E-state index contributed by atoms with van der Waals surface area (Å²) in [6, 6.07) is 10.5. The van der Waals surface area contributed by atoms with Crippen molar-refractivity contribution in [1.29, 1.82) is 0 Å². The smallest absolute Gasteiger partial charge is 0.0704 e. The molecular formula is C13H16N2. The molecule has 0 saturated heterocycles. The van der Waals surface area contributed by atoms with Crippen molar-refractivity contribution in [3.8, 4) is 0 Å². The summed E-state index contributed by atoms with van der Waals surface area (Å²) in [5.74, 6) is 0.515. The van der Waals surface area contributed by atoms with Crippen molar-refractivity contribution in [1.82, 2.24) is 4.98 Å². The Morgan fingerprint density at radius 3 is 3.00 bits per heavy atom. The lowest BCUT2D eigenvalue weighted by atomic mass is 9.97. The molecule has 1 unspecified atom stereocenters. The van der Waals surface area contributed by atoms with Gasteiger partial charge in [-0.3, -0.25) is 4.98 Å². The summed E-state index contributed by atoms with van der Waals surface area (Å²) in [6.07, 6.45) is 2.86. The highest BCUT2D eigenvalue weighted by Crippen LogP contribution is 2.22. The molecule has 0 saturated carbocycles. The quantitative estimate of drug-likeness (QED) is 0.827. The molecule has 1 heterocycles. The van der Waals surface area contributed by atoms with Crippen LogP contribution in [0.4, 0.5) is 0 Å². The van der Waals surface area contributed by atoms with Gasteiger partial charge in [-0.25, -0.2) is 0 Å². The molecule has 0 aliphatic rings. The second-order valence-corrected chi connectivity index (χ2v) is 3.93. The Bertz CT molecular complexity index is 451. The number of hydrogen-bond acceptors (Lipinski definition) is 2. The first-order valence-electron chi connectivity index (χ1n) is 5.36. The number of fused-ring (bicyclic) bond motifs is 1. The predicted octanol–water partition coefficient (Wildman–Crippen LogP) is 2.69. The fourth-order valence-corrected chi connectivity index (χ4v) is 1.81. The summed E-state index contributed by atoms with van der Waals surface area (Å²) in [5.41, 5.74) is 7.96. The van der Waals surface area contributed by atoms with E-state index in [9.17, 15) is 0 Å². The van der Waals surface area contributed by atoms with Crippen molar-refractivity contribution in [2.24, 2.45) is 5.73 Å². The Kier molecular flexibility index (Phi) is 2.97. The molecule has 1 atom stereocenters. The van der Waals surface area contributed by atoms with Gasteiger partial charge < -0.3 is 5.73 Å². The fourth-order valence-electron chi connectivity index (χ4n) is 1.81. The van der Waals surface area contributed by atoms with Gasteiger partial charge in [-0.1, -0.05) is 25.1 Å². The van der Waals surface area contributed by atoms with Gasteiger partial charge in [0.15, 0.2) is 0 Å². The van der Waals surface area contributed by atoms with Gasteiger partial charge >= 0.3 is 0 Å². The van der Waals surface area contributed by atoms with E-state index >= 15 is 0 Å². The zero-order chi connectivity index (χ0) is 10.7. The first kappa shape index (κ1) is 10.1. The van der Waals surface area contributed by atoms with Gasteiger partial charge in [0.2, 0.25) is 0 Å². The molecule has 0 fully saturated rings. The monoisotopic (exact) mass is 200 g/mol.